The first kappa shape index (κ1) is 56.8. The van der Waals surface area contributed by atoms with Crippen molar-refractivity contribution in [2.45, 2.75) is 71.0 Å². The first-order valence-corrected chi connectivity index (χ1v) is 18.7. The predicted octanol–water partition coefficient (Wildman–Crippen LogP) is 0.877. The van der Waals surface area contributed by atoms with Crippen molar-refractivity contribution in [2.24, 2.45) is 0 Å². The van der Waals surface area contributed by atoms with Crippen LogP contribution in [0.5, 0.6) is 0 Å². The van der Waals surface area contributed by atoms with E-state index in [1.165, 1.54) is 0 Å². The van der Waals surface area contributed by atoms with Gasteiger partial charge in [-0.15, -0.1) is 0 Å². The fraction of sp³-hybridized carbons (Fsp3) is 0.892. The number of rotatable bonds is 38. The molecule has 0 aliphatic rings. The van der Waals surface area contributed by atoms with Crippen LogP contribution < -0.4 is 21.3 Å². The zero-order valence-corrected chi connectivity index (χ0v) is 33.8. The third-order valence-corrected chi connectivity index (χ3v) is 7.11. The van der Waals surface area contributed by atoms with Crippen LogP contribution in [-0.2, 0) is 66.5 Å². The minimum atomic E-state index is -0.170. The SMILES string of the molecule is C.CNC(=O)CCCC(=O)NCCCOCC(COCCOC)OCCOC.CNC(=O)CCCC(=O)NCCCOCC(COCCOC)OCCOC. The molecule has 4 N–H and O–H groups in total. The molecule has 18 heteroatoms. The molecule has 4 amide bonds. The van der Waals surface area contributed by atoms with Gasteiger partial charge in [-0.25, -0.2) is 0 Å². The lowest BCUT2D eigenvalue weighted by Crippen LogP contribution is -2.29. The molecule has 55 heavy (non-hydrogen) atoms. The van der Waals surface area contributed by atoms with Gasteiger partial charge in [-0.05, 0) is 25.7 Å². The second-order valence-electron chi connectivity index (χ2n) is 11.7. The topological polar surface area (TPSA) is 209 Å². The Morgan fingerprint density at radius 1 is 0.418 bits per heavy atom. The minimum absolute atomic E-state index is 0. The highest BCUT2D eigenvalue weighted by molar-refractivity contribution is 5.79. The molecule has 0 radical (unpaired) electrons. The van der Waals surface area contributed by atoms with Crippen molar-refractivity contribution in [1.82, 2.24) is 21.3 Å². The third-order valence-electron chi connectivity index (χ3n) is 7.11. The molecule has 328 valence electrons. The largest absolute Gasteiger partial charge is 0.382 e. The van der Waals surface area contributed by atoms with E-state index in [1.54, 1.807) is 42.5 Å². The summed E-state index contributed by atoms with van der Waals surface area (Å²) >= 11 is 0. The van der Waals surface area contributed by atoms with Gasteiger partial charge in [0.2, 0.25) is 23.6 Å². The van der Waals surface area contributed by atoms with Crippen molar-refractivity contribution in [2.75, 3.05) is 148 Å². The molecule has 0 spiro atoms. The molecule has 2 atom stereocenters. The van der Waals surface area contributed by atoms with Gasteiger partial charge >= 0.3 is 0 Å². The van der Waals surface area contributed by atoms with E-state index in [-0.39, 0.29) is 43.3 Å². The third kappa shape index (κ3) is 44.1. The molecule has 0 aromatic rings. The predicted molar refractivity (Wildman–Crippen MR) is 208 cm³/mol. The van der Waals surface area contributed by atoms with Crippen molar-refractivity contribution in [1.29, 1.82) is 0 Å². The first-order chi connectivity index (χ1) is 26.3. The Labute approximate surface area is 330 Å². The molecule has 0 heterocycles. The van der Waals surface area contributed by atoms with Crippen molar-refractivity contribution in [3.63, 3.8) is 0 Å². The molecule has 0 saturated carbocycles. The van der Waals surface area contributed by atoms with Crippen LogP contribution in [0.1, 0.15) is 58.8 Å². The number of carbonyl (C=O) groups is 4. The maximum Gasteiger partial charge on any atom is 0.220 e. The van der Waals surface area contributed by atoms with Gasteiger partial charge in [0.1, 0.15) is 12.2 Å². The second-order valence-corrected chi connectivity index (χ2v) is 11.7. The lowest BCUT2D eigenvalue weighted by atomic mass is 10.2. The van der Waals surface area contributed by atoms with Crippen LogP contribution in [0.4, 0.5) is 0 Å². The Bertz CT molecular complexity index is 808. The maximum absolute atomic E-state index is 11.6. The number of hydrogen-bond acceptors (Lipinski definition) is 14. The van der Waals surface area contributed by atoms with E-state index in [2.05, 4.69) is 21.3 Å². The van der Waals surface area contributed by atoms with Crippen LogP contribution in [0.15, 0.2) is 0 Å². The normalized spacial score (nSPS) is 11.7. The van der Waals surface area contributed by atoms with E-state index in [0.29, 0.717) is 157 Å². The molecular weight excluding hydrogens is 724 g/mol. The smallest absolute Gasteiger partial charge is 0.220 e. The summed E-state index contributed by atoms with van der Waals surface area (Å²) in [4.78, 5) is 45.4. The summed E-state index contributed by atoms with van der Waals surface area (Å²) in [6.45, 7) is 7.85. The van der Waals surface area contributed by atoms with E-state index in [1.807, 2.05) is 0 Å². The number of amides is 4. The summed E-state index contributed by atoms with van der Waals surface area (Å²) in [6.07, 6.45) is 3.59. The quantitative estimate of drug-likeness (QED) is 0.0640. The van der Waals surface area contributed by atoms with Gasteiger partial charge in [0.25, 0.3) is 0 Å². The van der Waals surface area contributed by atoms with Crippen molar-refractivity contribution < 1.29 is 66.5 Å². The zero-order valence-electron chi connectivity index (χ0n) is 33.8. The van der Waals surface area contributed by atoms with Crippen LogP contribution in [-0.4, -0.2) is 184 Å². The van der Waals surface area contributed by atoms with E-state index < -0.39 is 0 Å². The fourth-order valence-electron chi connectivity index (χ4n) is 4.08. The van der Waals surface area contributed by atoms with Crippen LogP contribution in [0.2, 0.25) is 0 Å². The molecule has 0 rings (SSSR count). The second kappa shape index (κ2) is 45.9. The first-order valence-electron chi connectivity index (χ1n) is 18.7. The Morgan fingerprint density at radius 3 is 1.05 bits per heavy atom. The average molecular weight is 801 g/mol. The molecule has 18 nitrogen and oxygen atoms in total. The van der Waals surface area contributed by atoms with Crippen molar-refractivity contribution >= 4 is 23.6 Å². The molecule has 0 aliphatic heterocycles. The lowest BCUT2D eigenvalue weighted by Gasteiger charge is -2.18. The summed E-state index contributed by atoms with van der Waals surface area (Å²) < 4.78 is 53.3. The van der Waals surface area contributed by atoms with Crippen LogP contribution in [0.25, 0.3) is 0 Å². The van der Waals surface area contributed by atoms with Crippen LogP contribution >= 0.6 is 0 Å². The average Bonchev–Trinajstić information content (AvgIpc) is 3.17. The maximum atomic E-state index is 11.6. The molecule has 0 aromatic heterocycles. The molecular formula is C37H76N4O14. The Kier molecular flexibility index (Phi) is 47.4. The van der Waals surface area contributed by atoms with E-state index in [9.17, 15) is 19.2 Å². The molecule has 2 unspecified atom stereocenters. The summed E-state index contributed by atoms with van der Waals surface area (Å²) in [7, 11) is 9.66. The van der Waals surface area contributed by atoms with E-state index >= 15 is 0 Å². The minimum Gasteiger partial charge on any atom is -0.382 e. The lowest BCUT2D eigenvalue weighted by molar-refractivity contribution is -0.123. The monoisotopic (exact) mass is 801 g/mol. The van der Waals surface area contributed by atoms with Crippen LogP contribution in [0.3, 0.4) is 0 Å². The standard InChI is InChI=1S/2C18H36N2O7.CH4/c2*1-19-17(21)6-4-7-18(22)20-8-5-9-25-14-16(27-13-11-24-3)15-26-12-10-23-2;/h2*16H,4-15H2,1-3H3,(H,19,21)(H,20,22);1H4. The number of nitrogens with one attached hydrogen (secondary N) is 4. The van der Waals surface area contributed by atoms with Crippen molar-refractivity contribution in [3.8, 4) is 0 Å². The van der Waals surface area contributed by atoms with Gasteiger partial charge in [-0.2, -0.15) is 0 Å². The fourth-order valence-corrected chi connectivity index (χ4v) is 4.08. The molecule has 0 bridgehead atoms. The highest BCUT2D eigenvalue weighted by Gasteiger charge is 2.12. The highest BCUT2D eigenvalue weighted by atomic mass is 16.6. The van der Waals surface area contributed by atoms with E-state index in [4.69, 9.17) is 47.4 Å². The Balaban J connectivity index is -0.000000966. The number of methoxy groups -OCH3 is 4. The molecule has 0 fully saturated rings. The van der Waals surface area contributed by atoms with Gasteiger partial charge in [-0.1, -0.05) is 7.43 Å². The zero-order chi connectivity index (χ0) is 40.3. The number of carbonyl (C=O) groups excluding carboxylic acids is 4. The Morgan fingerprint density at radius 2 is 0.727 bits per heavy atom. The molecule has 0 saturated heterocycles. The van der Waals surface area contributed by atoms with Crippen LogP contribution in [0, 0.1) is 0 Å². The number of ether oxygens (including phenoxy) is 10. The highest BCUT2D eigenvalue weighted by Crippen LogP contribution is 2.00. The number of hydrogen-bond donors (Lipinski definition) is 4. The van der Waals surface area contributed by atoms with Gasteiger partial charge in [-0.3, -0.25) is 19.2 Å². The van der Waals surface area contributed by atoms with Crippen molar-refractivity contribution in [3.05, 3.63) is 0 Å². The molecule has 0 aromatic carbocycles. The summed E-state index contributed by atoms with van der Waals surface area (Å²) in [6, 6.07) is 0. The van der Waals surface area contributed by atoms with Gasteiger partial charge < -0.3 is 68.6 Å². The summed E-state index contributed by atoms with van der Waals surface area (Å²) in [5.41, 5.74) is 0. The molecule has 0 aliphatic carbocycles. The summed E-state index contributed by atoms with van der Waals surface area (Å²) in [5.74, 6) is -0.202. The van der Waals surface area contributed by atoms with Gasteiger partial charge in [0.15, 0.2) is 0 Å². The Hall–Kier alpha value is -2.52. The van der Waals surface area contributed by atoms with E-state index in [0.717, 1.165) is 0 Å². The van der Waals surface area contributed by atoms with Gasteiger partial charge in [0.05, 0.1) is 79.3 Å². The summed E-state index contributed by atoms with van der Waals surface area (Å²) in [5, 5.41) is 10.7. The van der Waals surface area contributed by atoms with Gasteiger partial charge in [0, 0.05) is 94.5 Å².